The maximum absolute atomic E-state index is 12.2. The van der Waals surface area contributed by atoms with Crippen LogP contribution in [0, 0.1) is 5.92 Å². The van der Waals surface area contributed by atoms with Gasteiger partial charge in [0.1, 0.15) is 0 Å². The number of hydrogen-bond acceptors (Lipinski definition) is 3. The second-order valence-corrected chi connectivity index (χ2v) is 6.13. The molecule has 20 heavy (non-hydrogen) atoms. The summed E-state index contributed by atoms with van der Waals surface area (Å²) in [6.45, 7) is 2.39. The summed E-state index contributed by atoms with van der Waals surface area (Å²) >= 11 is 1.52. The molecule has 0 bridgehead atoms. The highest BCUT2D eigenvalue weighted by atomic mass is 32.1. The number of carbonyl (C=O) groups is 1. The first-order valence-electron chi connectivity index (χ1n) is 7.15. The Hall–Kier alpha value is -1.52. The van der Waals surface area contributed by atoms with Crippen molar-refractivity contribution in [3.8, 4) is 0 Å². The lowest BCUT2D eigenvalue weighted by atomic mass is 10.0. The summed E-state index contributed by atoms with van der Waals surface area (Å²) < 4.78 is 0. The van der Waals surface area contributed by atoms with Crippen LogP contribution in [0.25, 0.3) is 10.4 Å². The molecule has 2 rings (SSSR count). The molecule has 1 aromatic heterocycles. The van der Waals surface area contributed by atoms with Crippen LogP contribution in [0.2, 0.25) is 0 Å². The molecule has 1 unspecified atom stereocenters. The monoisotopic (exact) mass is 292 g/mol. The van der Waals surface area contributed by atoms with Gasteiger partial charge in [0, 0.05) is 24.5 Å². The Morgan fingerprint density at radius 3 is 3.15 bits per heavy atom. The zero-order chi connectivity index (χ0) is 14.2. The zero-order valence-corrected chi connectivity index (χ0v) is 12.4. The number of azide groups is 1. The summed E-state index contributed by atoms with van der Waals surface area (Å²) in [5.41, 5.74) is 8.18. The Morgan fingerprint density at radius 2 is 2.40 bits per heavy atom. The minimum absolute atomic E-state index is 0.186. The van der Waals surface area contributed by atoms with Gasteiger partial charge in [0.05, 0.1) is 4.88 Å². The Bertz CT molecular complexity index is 468. The lowest BCUT2D eigenvalue weighted by Crippen LogP contribution is -2.27. The highest BCUT2D eigenvalue weighted by Gasteiger charge is 2.26. The number of amides is 1. The van der Waals surface area contributed by atoms with Crippen LogP contribution >= 0.6 is 11.3 Å². The molecule has 0 saturated carbocycles. The maximum Gasteiger partial charge on any atom is 0.263 e. The SMILES string of the molecule is [N-]=[N+]=NCCCCCC1CCN(C(=O)c2cccs2)C1. The molecular weight excluding hydrogens is 272 g/mol. The minimum atomic E-state index is 0.186. The van der Waals surface area contributed by atoms with Crippen molar-refractivity contribution in [3.05, 3.63) is 32.8 Å². The third kappa shape index (κ3) is 4.25. The Morgan fingerprint density at radius 1 is 1.50 bits per heavy atom. The van der Waals surface area contributed by atoms with Gasteiger partial charge in [-0.25, -0.2) is 0 Å². The van der Waals surface area contributed by atoms with E-state index in [1.807, 2.05) is 22.4 Å². The largest absolute Gasteiger partial charge is 0.338 e. The number of likely N-dealkylation sites (tertiary alicyclic amines) is 1. The van der Waals surface area contributed by atoms with Crippen LogP contribution < -0.4 is 0 Å². The van der Waals surface area contributed by atoms with E-state index in [0.717, 1.165) is 43.6 Å². The van der Waals surface area contributed by atoms with Crippen LogP contribution in [-0.4, -0.2) is 30.4 Å². The van der Waals surface area contributed by atoms with Gasteiger partial charge >= 0.3 is 0 Å². The van der Waals surface area contributed by atoms with Gasteiger partial charge in [-0.3, -0.25) is 4.79 Å². The number of rotatable bonds is 7. The van der Waals surface area contributed by atoms with E-state index < -0.39 is 0 Å². The van der Waals surface area contributed by atoms with E-state index in [1.165, 1.54) is 17.8 Å². The van der Waals surface area contributed by atoms with Crippen LogP contribution in [0.15, 0.2) is 22.6 Å². The minimum Gasteiger partial charge on any atom is -0.338 e. The zero-order valence-electron chi connectivity index (χ0n) is 11.6. The molecule has 0 radical (unpaired) electrons. The summed E-state index contributed by atoms with van der Waals surface area (Å²) in [6, 6.07) is 3.82. The van der Waals surface area contributed by atoms with Crippen LogP contribution in [-0.2, 0) is 0 Å². The van der Waals surface area contributed by atoms with Gasteiger partial charge in [0.25, 0.3) is 5.91 Å². The van der Waals surface area contributed by atoms with Gasteiger partial charge in [0.15, 0.2) is 0 Å². The predicted molar refractivity (Wildman–Crippen MR) is 80.8 cm³/mol. The quantitative estimate of drug-likeness (QED) is 0.323. The molecule has 0 spiro atoms. The standard InChI is InChI=1S/C14H20N4OS/c15-17-16-8-3-1-2-5-12-7-9-18(11-12)14(19)13-6-4-10-20-13/h4,6,10,12H,1-3,5,7-9,11H2. The fourth-order valence-corrected chi connectivity index (χ4v) is 3.34. The molecule has 0 N–H and O–H groups in total. The van der Waals surface area contributed by atoms with E-state index in [9.17, 15) is 4.79 Å². The molecule has 0 aliphatic carbocycles. The van der Waals surface area contributed by atoms with Crippen molar-refractivity contribution in [3.63, 3.8) is 0 Å². The molecule has 1 fully saturated rings. The fraction of sp³-hybridized carbons (Fsp3) is 0.643. The van der Waals surface area contributed by atoms with Crippen molar-refractivity contribution in [2.24, 2.45) is 11.0 Å². The molecular formula is C14H20N4OS. The highest BCUT2D eigenvalue weighted by molar-refractivity contribution is 7.12. The molecule has 1 amide bonds. The molecule has 108 valence electrons. The van der Waals surface area contributed by atoms with E-state index in [1.54, 1.807) is 0 Å². The molecule has 1 saturated heterocycles. The third-order valence-electron chi connectivity index (χ3n) is 3.74. The lowest BCUT2D eigenvalue weighted by molar-refractivity contribution is 0.0791. The predicted octanol–water partition coefficient (Wildman–Crippen LogP) is 4.08. The second kappa shape index (κ2) is 7.92. The van der Waals surface area contributed by atoms with E-state index in [0.29, 0.717) is 12.5 Å². The molecule has 2 heterocycles. The first-order chi connectivity index (χ1) is 9.81. The summed E-state index contributed by atoms with van der Waals surface area (Å²) in [5.74, 6) is 0.823. The van der Waals surface area contributed by atoms with Crippen LogP contribution in [0.1, 0.15) is 41.8 Å². The van der Waals surface area contributed by atoms with Crippen LogP contribution in [0.5, 0.6) is 0 Å². The number of thiophene rings is 1. The summed E-state index contributed by atoms with van der Waals surface area (Å²) in [4.78, 5) is 17.8. The fourth-order valence-electron chi connectivity index (χ4n) is 2.65. The van der Waals surface area contributed by atoms with E-state index in [-0.39, 0.29) is 5.91 Å². The highest BCUT2D eigenvalue weighted by Crippen LogP contribution is 2.24. The number of nitrogens with zero attached hydrogens (tertiary/aromatic N) is 4. The molecule has 1 aliphatic rings. The van der Waals surface area contributed by atoms with Crippen molar-refractivity contribution in [1.29, 1.82) is 0 Å². The van der Waals surface area contributed by atoms with Crippen molar-refractivity contribution < 1.29 is 4.79 Å². The summed E-state index contributed by atoms with van der Waals surface area (Å²) in [6.07, 6.45) is 5.52. The van der Waals surface area contributed by atoms with Gasteiger partial charge in [-0.05, 0) is 42.2 Å². The van der Waals surface area contributed by atoms with Crippen LogP contribution in [0.3, 0.4) is 0 Å². The van der Waals surface area contributed by atoms with Crippen molar-refractivity contribution in [1.82, 2.24) is 4.90 Å². The average Bonchev–Trinajstić information content (AvgIpc) is 3.13. The normalized spacial score (nSPS) is 18.0. The maximum atomic E-state index is 12.2. The van der Waals surface area contributed by atoms with E-state index in [4.69, 9.17) is 5.53 Å². The van der Waals surface area contributed by atoms with E-state index >= 15 is 0 Å². The van der Waals surface area contributed by atoms with Crippen molar-refractivity contribution in [2.45, 2.75) is 32.1 Å². The van der Waals surface area contributed by atoms with Crippen molar-refractivity contribution >= 4 is 17.2 Å². The summed E-state index contributed by atoms with van der Waals surface area (Å²) in [7, 11) is 0. The molecule has 0 aromatic carbocycles. The van der Waals surface area contributed by atoms with Gasteiger partial charge < -0.3 is 4.90 Å². The molecule has 1 aromatic rings. The van der Waals surface area contributed by atoms with Gasteiger partial charge in [-0.2, -0.15) is 0 Å². The molecule has 1 atom stereocenters. The second-order valence-electron chi connectivity index (χ2n) is 5.19. The summed E-state index contributed by atoms with van der Waals surface area (Å²) in [5, 5.41) is 5.48. The molecule has 1 aliphatic heterocycles. The Balaban J connectivity index is 1.65. The lowest BCUT2D eigenvalue weighted by Gasteiger charge is -2.15. The van der Waals surface area contributed by atoms with Crippen LogP contribution in [0.4, 0.5) is 0 Å². The van der Waals surface area contributed by atoms with Crippen molar-refractivity contribution in [2.75, 3.05) is 19.6 Å². The molecule has 5 nitrogen and oxygen atoms in total. The smallest absolute Gasteiger partial charge is 0.263 e. The van der Waals surface area contributed by atoms with Gasteiger partial charge in [-0.15, -0.1) is 11.3 Å². The first kappa shape index (κ1) is 14.9. The number of unbranched alkanes of at least 4 members (excludes halogenated alkanes) is 2. The third-order valence-corrected chi connectivity index (χ3v) is 4.60. The molecule has 6 heteroatoms. The Kier molecular flexibility index (Phi) is 5.89. The average molecular weight is 292 g/mol. The topological polar surface area (TPSA) is 69.1 Å². The first-order valence-corrected chi connectivity index (χ1v) is 8.03. The Labute approximate surface area is 123 Å². The van der Waals surface area contributed by atoms with Gasteiger partial charge in [0.2, 0.25) is 0 Å². The van der Waals surface area contributed by atoms with Gasteiger partial charge in [-0.1, -0.05) is 24.0 Å². The number of hydrogen-bond donors (Lipinski definition) is 0. The van der Waals surface area contributed by atoms with E-state index in [2.05, 4.69) is 10.0 Å². The number of carbonyl (C=O) groups excluding carboxylic acids is 1.